The summed E-state index contributed by atoms with van der Waals surface area (Å²) >= 11 is 1.69. The molecule has 25 heavy (non-hydrogen) atoms. The van der Waals surface area contributed by atoms with Crippen molar-refractivity contribution < 1.29 is 8.42 Å². The second-order valence-electron chi connectivity index (χ2n) is 6.54. The van der Waals surface area contributed by atoms with Gasteiger partial charge in [0.1, 0.15) is 0 Å². The number of benzene rings is 2. The van der Waals surface area contributed by atoms with Gasteiger partial charge < -0.3 is 4.90 Å². The van der Waals surface area contributed by atoms with Crippen LogP contribution in [0.15, 0.2) is 59.6 Å². The van der Waals surface area contributed by atoms with Gasteiger partial charge >= 0.3 is 0 Å². The molecule has 0 unspecified atom stereocenters. The van der Waals surface area contributed by atoms with Gasteiger partial charge in [-0.3, -0.25) is 4.99 Å². The number of aliphatic imine (C=N–C) groups is 1. The van der Waals surface area contributed by atoms with Crippen molar-refractivity contribution in [3.8, 4) is 0 Å². The molecule has 0 aromatic heterocycles. The van der Waals surface area contributed by atoms with E-state index in [2.05, 4.69) is 30.0 Å². The van der Waals surface area contributed by atoms with Crippen LogP contribution in [0.5, 0.6) is 0 Å². The van der Waals surface area contributed by atoms with E-state index < -0.39 is 9.84 Å². The number of aryl methyl sites for hydroxylation is 1. The molecule has 1 fully saturated rings. The highest BCUT2D eigenvalue weighted by molar-refractivity contribution is 8.13. The molecule has 4 rings (SSSR count). The number of amidine groups is 1. The second-order valence-corrected chi connectivity index (χ2v) is 9.64. The third-order valence-electron chi connectivity index (χ3n) is 4.76. The SMILES string of the molecule is Cc1ccccc1CSC1=N[C@@H]2CS(=O)(=O)C[C@H]2N1c1ccccc1. The Kier molecular flexibility index (Phi) is 4.33. The summed E-state index contributed by atoms with van der Waals surface area (Å²) in [4.78, 5) is 6.90. The minimum absolute atomic E-state index is 0.0771. The number of anilines is 1. The van der Waals surface area contributed by atoms with Crippen molar-refractivity contribution in [1.29, 1.82) is 0 Å². The fourth-order valence-corrected chi connectivity index (χ4v) is 6.48. The van der Waals surface area contributed by atoms with Crippen molar-refractivity contribution in [3.63, 3.8) is 0 Å². The maximum Gasteiger partial charge on any atom is 0.164 e. The smallest absolute Gasteiger partial charge is 0.164 e. The third-order valence-corrected chi connectivity index (χ3v) is 7.47. The molecule has 2 aromatic carbocycles. The Labute approximate surface area is 152 Å². The molecule has 2 heterocycles. The van der Waals surface area contributed by atoms with Crippen LogP contribution in [0.4, 0.5) is 5.69 Å². The van der Waals surface area contributed by atoms with Crippen LogP contribution < -0.4 is 4.90 Å². The lowest BCUT2D eigenvalue weighted by Gasteiger charge is -2.26. The molecule has 0 aliphatic carbocycles. The van der Waals surface area contributed by atoms with Crippen LogP contribution in [0, 0.1) is 6.92 Å². The number of nitrogens with zero attached hydrogens (tertiary/aromatic N) is 2. The highest BCUT2D eigenvalue weighted by Gasteiger charge is 2.47. The largest absolute Gasteiger partial charge is 0.315 e. The number of fused-ring (bicyclic) bond motifs is 1. The zero-order valence-electron chi connectivity index (χ0n) is 14.0. The molecular weight excluding hydrogens is 352 g/mol. The van der Waals surface area contributed by atoms with Crippen molar-refractivity contribution in [2.75, 3.05) is 16.4 Å². The lowest BCUT2D eigenvalue weighted by Crippen LogP contribution is -2.39. The van der Waals surface area contributed by atoms with E-state index in [1.807, 2.05) is 36.4 Å². The Morgan fingerprint density at radius 2 is 1.80 bits per heavy atom. The number of hydrogen-bond donors (Lipinski definition) is 0. The van der Waals surface area contributed by atoms with Crippen LogP contribution in [0.25, 0.3) is 0 Å². The van der Waals surface area contributed by atoms with Crippen molar-refractivity contribution in [3.05, 3.63) is 65.7 Å². The van der Waals surface area contributed by atoms with Gasteiger partial charge in [0, 0.05) is 11.4 Å². The van der Waals surface area contributed by atoms with E-state index >= 15 is 0 Å². The zero-order chi connectivity index (χ0) is 17.4. The van der Waals surface area contributed by atoms with Gasteiger partial charge in [-0.15, -0.1) is 0 Å². The third kappa shape index (κ3) is 3.33. The van der Waals surface area contributed by atoms with Gasteiger partial charge in [0.25, 0.3) is 0 Å². The summed E-state index contributed by atoms with van der Waals surface area (Å²) < 4.78 is 24.1. The van der Waals surface area contributed by atoms with Gasteiger partial charge in [0.15, 0.2) is 15.0 Å². The quantitative estimate of drug-likeness (QED) is 0.830. The van der Waals surface area contributed by atoms with Gasteiger partial charge in [0.05, 0.1) is 23.6 Å². The van der Waals surface area contributed by atoms with Crippen LogP contribution in [0.1, 0.15) is 11.1 Å². The number of hydrogen-bond acceptors (Lipinski definition) is 5. The molecule has 1 saturated heterocycles. The maximum absolute atomic E-state index is 12.0. The second kappa shape index (κ2) is 6.50. The van der Waals surface area contributed by atoms with E-state index in [1.54, 1.807) is 11.8 Å². The van der Waals surface area contributed by atoms with Gasteiger partial charge in [-0.2, -0.15) is 0 Å². The Balaban J connectivity index is 1.62. The average molecular weight is 373 g/mol. The summed E-state index contributed by atoms with van der Waals surface area (Å²) in [6, 6.07) is 18.1. The first-order valence-corrected chi connectivity index (χ1v) is 11.1. The fourth-order valence-electron chi connectivity index (χ4n) is 3.44. The molecule has 0 amide bonds. The molecule has 4 nitrogen and oxygen atoms in total. The molecule has 2 aromatic rings. The maximum atomic E-state index is 12.0. The van der Waals surface area contributed by atoms with Crippen molar-refractivity contribution in [2.24, 2.45) is 4.99 Å². The highest BCUT2D eigenvalue weighted by atomic mass is 32.2. The standard InChI is InChI=1S/C19H20N2O2S2/c1-14-7-5-6-8-15(14)11-24-19-20-17-12-25(22,23)13-18(17)21(19)16-9-3-2-4-10-16/h2-10,17-18H,11-13H2,1H3/t17-,18-/m1/s1. The molecule has 0 radical (unpaired) electrons. The molecule has 0 bridgehead atoms. The van der Waals surface area contributed by atoms with E-state index in [0.717, 1.165) is 16.6 Å². The Morgan fingerprint density at radius 1 is 1.08 bits per heavy atom. The number of para-hydroxylation sites is 1. The van der Waals surface area contributed by atoms with E-state index in [0.29, 0.717) is 0 Å². The number of thioether (sulfide) groups is 1. The van der Waals surface area contributed by atoms with Crippen LogP contribution in [0.2, 0.25) is 0 Å². The molecule has 2 aliphatic rings. The minimum atomic E-state index is -3.00. The van der Waals surface area contributed by atoms with Crippen LogP contribution in [-0.2, 0) is 15.6 Å². The lowest BCUT2D eigenvalue weighted by atomic mass is 10.1. The molecule has 2 aliphatic heterocycles. The lowest BCUT2D eigenvalue weighted by molar-refractivity contribution is 0.601. The van der Waals surface area contributed by atoms with Crippen molar-refractivity contribution in [1.82, 2.24) is 0 Å². The Morgan fingerprint density at radius 3 is 2.56 bits per heavy atom. The minimum Gasteiger partial charge on any atom is -0.315 e. The Bertz CT molecular complexity index is 910. The van der Waals surface area contributed by atoms with E-state index in [1.165, 1.54) is 11.1 Å². The monoisotopic (exact) mass is 372 g/mol. The van der Waals surface area contributed by atoms with Crippen molar-refractivity contribution >= 4 is 32.5 Å². The number of sulfone groups is 1. The number of rotatable bonds is 3. The summed E-state index contributed by atoms with van der Waals surface area (Å²) in [7, 11) is -3.00. The van der Waals surface area contributed by atoms with E-state index in [9.17, 15) is 8.42 Å². The van der Waals surface area contributed by atoms with E-state index in [-0.39, 0.29) is 23.6 Å². The highest BCUT2D eigenvalue weighted by Crippen LogP contribution is 2.35. The molecule has 0 spiro atoms. The summed E-state index contributed by atoms with van der Waals surface area (Å²) in [5, 5.41) is 0.930. The van der Waals surface area contributed by atoms with Crippen LogP contribution in [-0.4, -0.2) is 37.2 Å². The van der Waals surface area contributed by atoms with Gasteiger partial charge in [-0.05, 0) is 30.2 Å². The molecule has 6 heteroatoms. The van der Waals surface area contributed by atoms with Gasteiger partial charge in [-0.1, -0.05) is 54.2 Å². The molecule has 0 saturated carbocycles. The predicted molar refractivity (Wildman–Crippen MR) is 105 cm³/mol. The van der Waals surface area contributed by atoms with Gasteiger partial charge in [-0.25, -0.2) is 8.42 Å². The fraction of sp³-hybridized carbons (Fsp3) is 0.316. The predicted octanol–water partition coefficient (Wildman–Crippen LogP) is 3.27. The first-order valence-electron chi connectivity index (χ1n) is 8.33. The average Bonchev–Trinajstić information content (AvgIpc) is 3.06. The zero-order valence-corrected chi connectivity index (χ0v) is 15.6. The summed E-state index contributed by atoms with van der Waals surface area (Å²) in [5.41, 5.74) is 3.57. The van der Waals surface area contributed by atoms with E-state index in [4.69, 9.17) is 4.99 Å². The first kappa shape index (κ1) is 16.7. The summed E-state index contributed by atoms with van der Waals surface area (Å²) in [5.74, 6) is 1.18. The van der Waals surface area contributed by atoms with Crippen molar-refractivity contribution in [2.45, 2.75) is 24.8 Å². The topological polar surface area (TPSA) is 49.7 Å². The molecule has 2 atom stereocenters. The summed E-state index contributed by atoms with van der Waals surface area (Å²) in [6.45, 7) is 2.11. The van der Waals surface area contributed by atoms with Crippen LogP contribution in [0.3, 0.4) is 0 Å². The Hall–Kier alpha value is -1.79. The normalized spacial score (nSPS) is 24.2. The molecule has 0 N–H and O–H groups in total. The summed E-state index contributed by atoms with van der Waals surface area (Å²) in [6.07, 6.45) is 0. The van der Waals surface area contributed by atoms with Gasteiger partial charge in [0.2, 0.25) is 0 Å². The molecular formula is C19H20N2O2S2. The first-order chi connectivity index (χ1) is 12.0. The van der Waals surface area contributed by atoms with Crippen LogP contribution >= 0.6 is 11.8 Å². The molecule has 130 valence electrons.